The Hall–Kier alpha value is 0.328. The number of allylic oxidation sites excluding steroid dienone is 1. The first-order valence-electron chi connectivity index (χ1n) is 11.0. The Morgan fingerprint density at radius 3 is 1.71 bits per heavy atom. The van der Waals surface area contributed by atoms with Gasteiger partial charge in [0.05, 0.1) is 19.6 Å². The molecule has 3 nitrogen and oxygen atoms in total. The van der Waals surface area contributed by atoms with Gasteiger partial charge in [-0.1, -0.05) is 40.1 Å². The van der Waals surface area contributed by atoms with E-state index >= 15 is 0 Å². The lowest BCUT2D eigenvalue weighted by atomic mass is 10.0. The molecule has 0 aliphatic carbocycles. The predicted molar refractivity (Wildman–Crippen MR) is 136 cm³/mol. The Morgan fingerprint density at radius 2 is 1.39 bits per heavy atom. The Morgan fingerprint density at radius 1 is 0.964 bits per heavy atom. The van der Waals surface area contributed by atoms with E-state index in [4.69, 9.17) is 13.3 Å². The van der Waals surface area contributed by atoms with Gasteiger partial charge in [-0.2, -0.15) is 0 Å². The van der Waals surface area contributed by atoms with Crippen LogP contribution in [0.15, 0.2) is 12.3 Å². The van der Waals surface area contributed by atoms with Crippen molar-refractivity contribution in [2.75, 3.05) is 0 Å². The summed E-state index contributed by atoms with van der Waals surface area (Å²) in [6, 6.07) is 0. The lowest BCUT2D eigenvalue weighted by Gasteiger charge is -2.47. The van der Waals surface area contributed by atoms with Crippen LogP contribution in [-0.4, -0.2) is 44.7 Å². The quantitative estimate of drug-likeness (QED) is 0.229. The average Bonchev–Trinajstić information content (AvgIpc) is 2.44. The highest BCUT2D eigenvalue weighted by Gasteiger charge is 2.47. The molecule has 0 bridgehead atoms. The summed E-state index contributed by atoms with van der Waals surface area (Å²) in [5, 5.41) is -0.0875. The molecule has 0 aliphatic rings. The van der Waals surface area contributed by atoms with Gasteiger partial charge in [-0.25, -0.2) is 0 Å². The lowest BCUT2D eigenvalue weighted by Crippen LogP contribution is -2.55. The van der Waals surface area contributed by atoms with Crippen molar-refractivity contribution in [1.82, 2.24) is 0 Å². The van der Waals surface area contributed by atoms with Crippen LogP contribution in [0.25, 0.3) is 0 Å². The van der Waals surface area contributed by atoms with Gasteiger partial charge in [-0.15, -0.1) is 0 Å². The van der Waals surface area contributed by atoms with Crippen LogP contribution < -0.4 is 0 Å². The fraction of sp³-hybridized carbons (Fsp3) is 0.905. The molecule has 0 amide bonds. The molecule has 0 fully saturated rings. The van der Waals surface area contributed by atoms with Crippen LogP contribution in [0, 0.1) is 0 Å². The third-order valence-electron chi connectivity index (χ3n) is 6.77. The van der Waals surface area contributed by atoms with Gasteiger partial charge in [0.25, 0.3) is 8.32 Å². The van der Waals surface area contributed by atoms with Crippen molar-refractivity contribution < 1.29 is 13.3 Å². The molecule has 7 heteroatoms. The Kier molecular flexibility index (Phi) is 9.75. The van der Waals surface area contributed by atoms with E-state index in [9.17, 15) is 0 Å². The highest BCUT2D eigenvalue weighted by Crippen LogP contribution is 2.48. The van der Waals surface area contributed by atoms with Crippen LogP contribution in [0.4, 0.5) is 0 Å². The van der Waals surface area contributed by atoms with Crippen molar-refractivity contribution in [3.63, 3.8) is 0 Å². The summed E-state index contributed by atoms with van der Waals surface area (Å²) < 4.78 is 20.0. The highest BCUT2D eigenvalue weighted by atomic mass is 28.4. The van der Waals surface area contributed by atoms with Crippen LogP contribution >= 0.6 is 0 Å². The molecule has 1 unspecified atom stereocenters. The maximum absolute atomic E-state index is 6.88. The first-order chi connectivity index (χ1) is 12.3. The molecule has 0 rings (SSSR count). The molecule has 0 spiro atoms. The third kappa shape index (κ3) is 7.23. The summed E-state index contributed by atoms with van der Waals surface area (Å²) >= 11 is 0. The predicted octanol–water partition coefficient (Wildman–Crippen LogP) is 7.09. The van der Waals surface area contributed by atoms with Crippen LogP contribution in [-0.2, 0) is 13.3 Å². The zero-order valence-electron chi connectivity index (χ0n) is 21.5. The van der Waals surface area contributed by atoms with Crippen molar-refractivity contribution in [2.45, 2.75) is 122 Å². The van der Waals surface area contributed by atoms with Gasteiger partial charge in [-0.3, -0.25) is 0 Å². The van der Waals surface area contributed by atoms with Crippen LogP contribution in [0.2, 0.25) is 64.0 Å². The van der Waals surface area contributed by atoms with Crippen molar-refractivity contribution in [3.8, 4) is 0 Å². The maximum Gasteiger partial charge on any atom is 0.271 e. The molecule has 0 aliphatic heterocycles. The minimum absolute atomic E-state index is 0.0416. The SMILES string of the molecule is C=C(O[Si](C)(C)[C@@H](C)O[Si](C)(C)C)C(CC)(CC)[SiH](C)OC(C)(C)[Si](C)(C)C. The van der Waals surface area contributed by atoms with Gasteiger partial charge in [0.1, 0.15) is 0 Å². The zero-order valence-corrected chi connectivity index (χ0v) is 25.7. The van der Waals surface area contributed by atoms with E-state index in [1.165, 1.54) is 0 Å². The Bertz CT molecular complexity index is 515. The summed E-state index contributed by atoms with van der Waals surface area (Å²) in [5.74, 6) is 0.950. The molecule has 0 radical (unpaired) electrons. The standard InChI is InChI=1S/C21H50O3Si4/c1-16-21(17-2,25(7)24-20(5,6)26(8,9)10)18(3)22-28(14,15)19(4)23-27(11,12)13/h19,25H,3,16-17H2,1-2,4-15H3/t19-,25?/m0/s1. The van der Waals surface area contributed by atoms with E-state index in [0.29, 0.717) is 0 Å². The van der Waals surface area contributed by atoms with Gasteiger partial charge in [0.2, 0.25) is 0 Å². The maximum atomic E-state index is 6.88. The molecule has 28 heavy (non-hydrogen) atoms. The molecule has 0 aromatic carbocycles. The van der Waals surface area contributed by atoms with Crippen LogP contribution in [0.5, 0.6) is 0 Å². The summed E-state index contributed by atoms with van der Waals surface area (Å²) in [6.45, 7) is 36.5. The highest BCUT2D eigenvalue weighted by molar-refractivity contribution is 6.79. The summed E-state index contributed by atoms with van der Waals surface area (Å²) in [6.07, 6.45) is 2.04. The Balaban J connectivity index is 5.63. The molecule has 0 aromatic rings. The summed E-state index contributed by atoms with van der Waals surface area (Å²) in [7, 11) is -6.72. The first-order valence-corrected chi connectivity index (χ1v) is 23.1. The van der Waals surface area contributed by atoms with Crippen molar-refractivity contribution in [1.29, 1.82) is 0 Å². The van der Waals surface area contributed by atoms with E-state index in [0.717, 1.165) is 18.6 Å². The molecule has 0 aromatic heterocycles. The second-order valence-electron chi connectivity index (χ2n) is 11.4. The normalized spacial score (nSPS) is 16.6. The third-order valence-corrected chi connectivity index (χ3v) is 18.5. The molecule has 168 valence electrons. The van der Waals surface area contributed by atoms with Gasteiger partial charge in [0.15, 0.2) is 17.4 Å². The molecular formula is C21H50O3Si4. The van der Waals surface area contributed by atoms with Gasteiger partial charge >= 0.3 is 0 Å². The van der Waals surface area contributed by atoms with Gasteiger partial charge in [0, 0.05) is 10.3 Å². The van der Waals surface area contributed by atoms with Crippen molar-refractivity contribution in [2.24, 2.45) is 0 Å². The first kappa shape index (κ1) is 28.3. The number of hydrogen-bond acceptors (Lipinski definition) is 3. The molecular weight excluding hydrogens is 413 g/mol. The molecule has 0 N–H and O–H groups in total. The van der Waals surface area contributed by atoms with Gasteiger partial charge < -0.3 is 13.3 Å². The fourth-order valence-electron chi connectivity index (χ4n) is 3.35. The largest absolute Gasteiger partial charge is 0.545 e. The topological polar surface area (TPSA) is 27.7 Å². The molecule has 2 atom stereocenters. The second-order valence-corrected chi connectivity index (χ2v) is 28.4. The molecule has 0 saturated heterocycles. The van der Waals surface area contributed by atoms with E-state index < -0.39 is 33.7 Å². The minimum Gasteiger partial charge on any atom is -0.545 e. The van der Waals surface area contributed by atoms with E-state index in [1.54, 1.807) is 0 Å². The average molecular weight is 463 g/mol. The Labute approximate surface area is 181 Å². The summed E-state index contributed by atoms with van der Waals surface area (Å²) in [5.41, 5.74) is 0.152. The smallest absolute Gasteiger partial charge is 0.271 e. The minimum atomic E-state index is -2.07. The fourth-order valence-corrected chi connectivity index (χ4v) is 12.4. The molecule has 0 saturated carbocycles. The van der Waals surface area contributed by atoms with Crippen LogP contribution in [0.1, 0.15) is 47.5 Å². The lowest BCUT2D eigenvalue weighted by molar-refractivity contribution is 0.165. The molecule has 0 heterocycles. The van der Waals surface area contributed by atoms with E-state index in [2.05, 4.69) is 100 Å². The number of hydrogen-bond donors (Lipinski definition) is 0. The number of rotatable bonds is 12. The van der Waals surface area contributed by atoms with Crippen LogP contribution in [0.3, 0.4) is 0 Å². The summed E-state index contributed by atoms with van der Waals surface area (Å²) in [4.78, 5) is 0. The second kappa shape index (κ2) is 9.64. The monoisotopic (exact) mass is 462 g/mol. The van der Waals surface area contributed by atoms with Crippen molar-refractivity contribution >= 4 is 33.7 Å². The van der Waals surface area contributed by atoms with E-state index in [-0.39, 0.29) is 16.0 Å². The van der Waals surface area contributed by atoms with Gasteiger partial charge in [-0.05, 0) is 72.9 Å². The van der Waals surface area contributed by atoms with E-state index in [1.807, 2.05) is 0 Å². The zero-order chi connectivity index (χ0) is 22.8. The van der Waals surface area contributed by atoms with Crippen molar-refractivity contribution in [3.05, 3.63) is 12.3 Å².